The summed E-state index contributed by atoms with van der Waals surface area (Å²) in [6.45, 7) is 3.72. The Labute approximate surface area is 195 Å². The lowest BCUT2D eigenvalue weighted by atomic mass is 9.73. The molecule has 186 valence electrons. The monoisotopic (exact) mass is 466 g/mol. The summed E-state index contributed by atoms with van der Waals surface area (Å²) in [6, 6.07) is 3.33. The average molecular weight is 467 g/mol. The molecule has 1 aliphatic carbocycles. The Morgan fingerprint density at radius 2 is 1.94 bits per heavy atom. The first-order valence-corrected chi connectivity index (χ1v) is 12.1. The molecule has 9 heteroatoms. The summed E-state index contributed by atoms with van der Waals surface area (Å²) in [4.78, 5) is 4.13. The second-order valence-corrected chi connectivity index (χ2v) is 9.83. The maximum absolute atomic E-state index is 11.7. The van der Waals surface area contributed by atoms with Gasteiger partial charge < -0.3 is 40.0 Å². The van der Waals surface area contributed by atoms with Gasteiger partial charge in [0.1, 0.15) is 17.8 Å². The fraction of sp³-hybridized carbons (Fsp3) is 0.792. The molecule has 5 N–H and O–H groups in total. The normalized spacial score (nSPS) is 45.3. The largest absolute Gasteiger partial charge is 0.391 e. The van der Waals surface area contributed by atoms with Crippen molar-refractivity contribution in [1.29, 1.82) is 0 Å². The van der Waals surface area contributed by atoms with Crippen LogP contribution in [0.3, 0.4) is 0 Å². The van der Waals surface area contributed by atoms with Crippen molar-refractivity contribution in [1.82, 2.24) is 10.3 Å². The number of rotatable bonds is 7. The highest BCUT2D eigenvalue weighted by molar-refractivity contribution is 5.11. The quantitative estimate of drug-likeness (QED) is 0.364. The van der Waals surface area contributed by atoms with Crippen molar-refractivity contribution in [2.45, 2.75) is 107 Å². The maximum Gasteiger partial charge on any atom is 0.248 e. The van der Waals surface area contributed by atoms with E-state index in [9.17, 15) is 20.4 Å². The first kappa shape index (κ1) is 24.9. The number of ether oxygens (including phenoxy) is 3. The number of nitrogens with one attached hydrogen (secondary N) is 1. The molecule has 3 fully saturated rings. The van der Waals surface area contributed by atoms with Crippen LogP contribution >= 0.6 is 0 Å². The molecular formula is C24H38N2O7. The van der Waals surface area contributed by atoms with Gasteiger partial charge in [-0.05, 0) is 51.3 Å². The maximum atomic E-state index is 11.7. The van der Waals surface area contributed by atoms with E-state index in [1.54, 1.807) is 13.2 Å². The molecule has 4 rings (SSSR count). The Morgan fingerprint density at radius 3 is 2.61 bits per heavy atom. The number of hydrogen-bond donors (Lipinski definition) is 5. The van der Waals surface area contributed by atoms with Crippen LogP contribution in [0.15, 0.2) is 24.5 Å². The van der Waals surface area contributed by atoms with E-state index < -0.39 is 54.1 Å². The van der Waals surface area contributed by atoms with Crippen molar-refractivity contribution in [2.75, 3.05) is 7.05 Å². The summed E-state index contributed by atoms with van der Waals surface area (Å²) in [6.07, 6.45) is 1.72. The summed E-state index contributed by atoms with van der Waals surface area (Å²) in [5, 5.41) is 48.1. The number of unbranched alkanes of at least 4 members (excludes halogenated alkanes) is 1. The van der Waals surface area contributed by atoms with Crippen LogP contribution in [-0.2, 0) is 20.6 Å². The molecule has 1 aromatic heterocycles. The first-order chi connectivity index (χ1) is 15.7. The first-order valence-electron chi connectivity index (χ1n) is 12.1. The number of nitrogens with zero attached hydrogens (tertiary/aromatic N) is 1. The van der Waals surface area contributed by atoms with E-state index in [1.165, 1.54) is 0 Å². The van der Waals surface area contributed by atoms with Gasteiger partial charge in [-0.15, -0.1) is 0 Å². The van der Waals surface area contributed by atoms with Gasteiger partial charge in [-0.2, -0.15) is 0 Å². The van der Waals surface area contributed by atoms with Crippen LogP contribution in [0.5, 0.6) is 0 Å². The van der Waals surface area contributed by atoms with Gasteiger partial charge in [0.2, 0.25) is 12.1 Å². The molecule has 2 saturated heterocycles. The lowest BCUT2D eigenvalue weighted by Gasteiger charge is -2.60. The Morgan fingerprint density at radius 1 is 1.15 bits per heavy atom. The molecule has 0 aromatic carbocycles. The number of pyridine rings is 1. The van der Waals surface area contributed by atoms with Crippen LogP contribution in [0.1, 0.15) is 51.5 Å². The number of fused-ring (bicyclic) bond motifs is 2. The molecule has 1 aromatic rings. The predicted molar refractivity (Wildman–Crippen MR) is 119 cm³/mol. The van der Waals surface area contributed by atoms with Gasteiger partial charge in [-0.3, -0.25) is 4.98 Å². The SMILES string of the molecule is CC[C@@H]1[C@H](O)[C@H](NC)[C@H]2O[C@]3(O)[C@H](O[C@@H]2[C@H]1O)O[C@H](C)C[C@@]3(O)CCCCc1cccnc1. The lowest BCUT2D eigenvalue weighted by Crippen LogP contribution is -2.78. The second-order valence-electron chi connectivity index (χ2n) is 9.83. The number of aliphatic hydroxyl groups is 4. The van der Waals surface area contributed by atoms with E-state index in [4.69, 9.17) is 14.2 Å². The molecule has 0 radical (unpaired) electrons. The summed E-state index contributed by atoms with van der Waals surface area (Å²) in [5.74, 6) is -2.53. The molecule has 0 bridgehead atoms. The molecule has 3 heterocycles. The summed E-state index contributed by atoms with van der Waals surface area (Å²) in [7, 11) is 1.69. The molecule has 10 atom stereocenters. The van der Waals surface area contributed by atoms with E-state index in [-0.39, 0.29) is 12.5 Å². The number of aliphatic hydroxyl groups excluding tert-OH is 2. The van der Waals surface area contributed by atoms with E-state index in [0.29, 0.717) is 19.3 Å². The lowest BCUT2D eigenvalue weighted by molar-refractivity contribution is -0.485. The Bertz CT molecular complexity index is 785. The third-order valence-corrected chi connectivity index (χ3v) is 7.66. The zero-order chi connectivity index (χ0) is 23.8. The van der Waals surface area contributed by atoms with Gasteiger partial charge >= 0.3 is 0 Å². The zero-order valence-corrected chi connectivity index (χ0v) is 19.6. The van der Waals surface area contributed by atoms with Gasteiger partial charge in [-0.25, -0.2) is 0 Å². The fourth-order valence-electron chi connectivity index (χ4n) is 5.83. The molecule has 0 unspecified atom stereocenters. The highest BCUT2D eigenvalue weighted by Crippen LogP contribution is 2.49. The number of aromatic nitrogens is 1. The molecule has 1 saturated carbocycles. The minimum absolute atomic E-state index is 0.181. The van der Waals surface area contributed by atoms with Gasteiger partial charge in [0.15, 0.2) is 0 Å². The van der Waals surface area contributed by atoms with Crippen molar-refractivity contribution in [3.8, 4) is 0 Å². The van der Waals surface area contributed by atoms with Crippen molar-refractivity contribution >= 4 is 0 Å². The minimum Gasteiger partial charge on any atom is -0.391 e. The fourth-order valence-corrected chi connectivity index (χ4v) is 5.83. The van der Waals surface area contributed by atoms with Crippen LogP contribution < -0.4 is 5.32 Å². The van der Waals surface area contributed by atoms with Crippen LogP contribution in [0.4, 0.5) is 0 Å². The van der Waals surface area contributed by atoms with Crippen LogP contribution in [0.25, 0.3) is 0 Å². The summed E-state index contributed by atoms with van der Waals surface area (Å²) >= 11 is 0. The van der Waals surface area contributed by atoms with Crippen LogP contribution in [0, 0.1) is 5.92 Å². The van der Waals surface area contributed by atoms with Crippen molar-refractivity contribution in [3.05, 3.63) is 30.1 Å². The highest BCUT2D eigenvalue weighted by Gasteiger charge is 2.68. The van der Waals surface area contributed by atoms with Crippen LogP contribution in [-0.4, -0.2) is 86.7 Å². The van der Waals surface area contributed by atoms with Crippen molar-refractivity contribution < 1.29 is 34.6 Å². The third-order valence-electron chi connectivity index (χ3n) is 7.66. The molecule has 0 amide bonds. The number of hydrogen-bond acceptors (Lipinski definition) is 9. The van der Waals surface area contributed by atoms with Crippen molar-refractivity contribution in [2.24, 2.45) is 5.92 Å². The van der Waals surface area contributed by atoms with E-state index in [1.807, 2.05) is 32.2 Å². The third kappa shape index (κ3) is 4.46. The predicted octanol–water partition coefficient (Wildman–Crippen LogP) is 0.483. The van der Waals surface area contributed by atoms with Gasteiger partial charge in [-0.1, -0.05) is 19.4 Å². The van der Waals surface area contributed by atoms with E-state index in [2.05, 4.69) is 10.3 Å². The molecule has 33 heavy (non-hydrogen) atoms. The number of likely N-dealkylation sites (N-methyl/N-ethyl adjacent to an activating group) is 1. The summed E-state index contributed by atoms with van der Waals surface area (Å²) < 4.78 is 18.1. The Kier molecular flexibility index (Phi) is 7.43. The minimum atomic E-state index is -2.12. The zero-order valence-electron chi connectivity index (χ0n) is 19.6. The standard InChI is InChI=1S/C24H38N2O7/c1-4-16-18(27)17(25-3)20-21(19(16)28)32-22-24(30,33-20)23(29,12-14(2)31-22)10-6-5-8-15-9-7-11-26-13-15/h7,9,11,13-14,16-22,25,27-30H,4-6,8,10,12H2,1-3H3/t14-,16-,17+,18+,19+,20-,21-,22+,23+,24-/m1/s1. The molecule has 0 spiro atoms. The second kappa shape index (κ2) is 9.83. The van der Waals surface area contributed by atoms with E-state index in [0.717, 1.165) is 18.4 Å². The van der Waals surface area contributed by atoms with Gasteiger partial charge in [0, 0.05) is 24.7 Å². The van der Waals surface area contributed by atoms with Gasteiger partial charge in [0.05, 0.1) is 24.4 Å². The Hall–Kier alpha value is -1.17. The average Bonchev–Trinajstić information content (AvgIpc) is 2.78. The topological polar surface area (TPSA) is 134 Å². The Balaban J connectivity index is 1.52. The summed E-state index contributed by atoms with van der Waals surface area (Å²) in [5.41, 5.74) is -0.487. The smallest absolute Gasteiger partial charge is 0.248 e. The van der Waals surface area contributed by atoms with Crippen LogP contribution in [0.2, 0.25) is 0 Å². The van der Waals surface area contributed by atoms with E-state index >= 15 is 0 Å². The molecule has 9 nitrogen and oxygen atoms in total. The highest BCUT2D eigenvalue weighted by atomic mass is 16.8. The molecular weight excluding hydrogens is 428 g/mol. The number of aryl methyl sites for hydroxylation is 1. The van der Waals surface area contributed by atoms with Crippen molar-refractivity contribution in [3.63, 3.8) is 0 Å². The van der Waals surface area contributed by atoms with Gasteiger partial charge in [0.25, 0.3) is 0 Å². The molecule has 3 aliphatic rings. The molecule has 2 aliphatic heterocycles.